The van der Waals surface area contributed by atoms with Crippen LogP contribution < -0.4 is 5.32 Å². The van der Waals surface area contributed by atoms with E-state index in [1.54, 1.807) is 0 Å². The van der Waals surface area contributed by atoms with Crippen molar-refractivity contribution in [2.24, 2.45) is 0 Å². The molecule has 16 heavy (non-hydrogen) atoms. The zero-order valence-electron chi connectivity index (χ0n) is 8.71. The maximum absolute atomic E-state index is 12.6. The van der Waals surface area contributed by atoms with Crippen LogP contribution in [0.4, 0.5) is 14.9 Å². The molecular weight excluding hydrogens is 233 g/mol. The van der Waals surface area contributed by atoms with Crippen LogP contribution in [-0.4, -0.2) is 18.6 Å². The van der Waals surface area contributed by atoms with Gasteiger partial charge in [0.2, 0.25) is 0 Å². The predicted octanol–water partition coefficient (Wildman–Crippen LogP) is 3.39. The minimum atomic E-state index is -0.541. The molecule has 0 aliphatic carbocycles. The van der Waals surface area contributed by atoms with Crippen molar-refractivity contribution >= 4 is 23.4 Å². The van der Waals surface area contributed by atoms with Gasteiger partial charge < -0.3 is 4.74 Å². The van der Waals surface area contributed by atoms with Gasteiger partial charge in [0.25, 0.3) is 0 Å². The number of hydrogen-bond donors (Lipinski definition) is 1. The number of ether oxygens (including phenoxy) is 1. The number of unbranched alkanes of at least 4 members (excludes halogenated alkanes) is 1. The third kappa shape index (κ3) is 4.98. The standard InChI is InChI=1S/C11H13ClFNO2/c12-7-1-2-8-16-11(15)14-10-5-3-9(13)4-6-10/h3-6H,1-2,7-8H2,(H,14,15). The van der Waals surface area contributed by atoms with E-state index in [-0.39, 0.29) is 5.82 Å². The number of anilines is 1. The molecule has 0 aromatic heterocycles. The van der Waals surface area contributed by atoms with Gasteiger partial charge in [0, 0.05) is 11.6 Å². The van der Waals surface area contributed by atoms with Crippen molar-refractivity contribution in [3.63, 3.8) is 0 Å². The second-order valence-corrected chi connectivity index (χ2v) is 3.54. The van der Waals surface area contributed by atoms with E-state index in [0.29, 0.717) is 18.2 Å². The first-order valence-corrected chi connectivity index (χ1v) is 5.51. The van der Waals surface area contributed by atoms with Crippen LogP contribution in [0.5, 0.6) is 0 Å². The number of carbonyl (C=O) groups is 1. The minimum Gasteiger partial charge on any atom is -0.449 e. The SMILES string of the molecule is O=C(Nc1ccc(F)cc1)OCCCCCl. The van der Waals surface area contributed by atoms with Crippen LogP contribution in [0.25, 0.3) is 0 Å². The van der Waals surface area contributed by atoms with Gasteiger partial charge in [-0.3, -0.25) is 5.32 Å². The number of rotatable bonds is 5. The van der Waals surface area contributed by atoms with Gasteiger partial charge in [0.1, 0.15) is 5.82 Å². The number of benzene rings is 1. The normalized spacial score (nSPS) is 9.88. The maximum atomic E-state index is 12.6. The molecule has 0 fully saturated rings. The summed E-state index contributed by atoms with van der Waals surface area (Å²) in [5.74, 6) is 0.212. The average Bonchev–Trinajstić information content (AvgIpc) is 2.28. The van der Waals surface area contributed by atoms with Gasteiger partial charge in [0.15, 0.2) is 0 Å². The van der Waals surface area contributed by atoms with E-state index in [1.807, 2.05) is 0 Å². The van der Waals surface area contributed by atoms with Crippen LogP contribution in [0, 0.1) is 5.82 Å². The highest BCUT2D eigenvalue weighted by atomic mass is 35.5. The second kappa shape index (κ2) is 7.06. The van der Waals surface area contributed by atoms with Crippen LogP contribution in [0.1, 0.15) is 12.8 Å². The number of amides is 1. The highest BCUT2D eigenvalue weighted by Gasteiger charge is 2.02. The van der Waals surface area contributed by atoms with Crippen molar-refractivity contribution in [1.29, 1.82) is 0 Å². The molecule has 0 bridgehead atoms. The van der Waals surface area contributed by atoms with Crippen LogP contribution in [0.2, 0.25) is 0 Å². The van der Waals surface area contributed by atoms with Gasteiger partial charge in [-0.1, -0.05) is 0 Å². The Kier molecular flexibility index (Phi) is 5.64. The Morgan fingerprint density at radius 2 is 2.00 bits per heavy atom. The molecule has 1 aromatic rings. The smallest absolute Gasteiger partial charge is 0.411 e. The van der Waals surface area contributed by atoms with Crippen molar-refractivity contribution in [2.45, 2.75) is 12.8 Å². The molecule has 0 saturated heterocycles. The molecule has 3 nitrogen and oxygen atoms in total. The third-order valence-corrected chi connectivity index (χ3v) is 2.12. The summed E-state index contributed by atoms with van der Waals surface area (Å²) in [6.45, 7) is 0.333. The second-order valence-electron chi connectivity index (χ2n) is 3.16. The van der Waals surface area contributed by atoms with E-state index in [2.05, 4.69) is 5.32 Å². The Hall–Kier alpha value is -1.29. The van der Waals surface area contributed by atoms with E-state index in [4.69, 9.17) is 16.3 Å². The van der Waals surface area contributed by atoms with Crippen molar-refractivity contribution in [1.82, 2.24) is 0 Å². The summed E-state index contributed by atoms with van der Waals surface area (Å²) in [5, 5.41) is 2.49. The summed E-state index contributed by atoms with van der Waals surface area (Å²) < 4.78 is 17.4. The molecule has 0 atom stereocenters. The van der Waals surface area contributed by atoms with Crippen LogP contribution in [0.15, 0.2) is 24.3 Å². The molecule has 0 spiro atoms. The van der Waals surface area contributed by atoms with Crippen LogP contribution in [-0.2, 0) is 4.74 Å². The fourth-order valence-electron chi connectivity index (χ4n) is 1.05. The molecule has 5 heteroatoms. The minimum absolute atomic E-state index is 0.333. The molecule has 0 radical (unpaired) electrons. The first kappa shape index (κ1) is 12.8. The number of alkyl halides is 1. The Morgan fingerprint density at radius 3 is 2.62 bits per heavy atom. The quantitative estimate of drug-likeness (QED) is 0.638. The molecule has 1 amide bonds. The summed E-state index contributed by atoms with van der Waals surface area (Å²) in [4.78, 5) is 11.2. The number of carbonyl (C=O) groups excluding carboxylic acids is 1. The Balaban J connectivity index is 2.26. The van der Waals surface area contributed by atoms with Gasteiger partial charge in [0.05, 0.1) is 6.61 Å². The van der Waals surface area contributed by atoms with E-state index in [9.17, 15) is 9.18 Å². The predicted molar refractivity (Wildman–Crippen MR) is 61.3 cm³/mol. The Morgan fingerprint density at radius 1 is 1.31 bits per heavy atom. The van der Waals surface area contributed by atoms with E-state index in [1.165, 1.54) is 24.3 Å². The lowest BCUT2D eigenvalue weighted by molar-refractivity contribution is 0.160. The molecular formula is C11H13ClFNO2. The maximum Gasteiger partial charge on any atom is 0.411 e. The first-order chi connectivity index (χ1) is 7.72. The monoisotopic (exact) mass is 245 g/mol. The number of hydrogen-bond acceptors (Lipinski definition) is 2. The topological polar surface area (TPSA) is 38.3 Å². The lowest BCUT2D eigenvalue weighted by Crippen LogP contribution is -2.14. The molecule has 0 aliphatic heterocycles. The third-order valence-electron chi connectivity index (χ3n) is 1.85. The van der Waals surface area contributed by atoms with Crippen molar-refractivity contribution in [3.05, 3.63) is 30.1 Å². The highest BCUT2D eigenvalue weighted by Crippen LogP contribution is 2.08. The van der Waals surface area contributed by atoms with Crippen molar-refractivity contribution < 1.29 is 13.9 Å². The Labute approximate surface area is 98.5 Å². The molecule has 0 aliphatic rings. The Bertz CT molecular complexity index is 329. The molecule has 1 rings (SSSR count). The van der Waals surface area contributed by atoms with Crippen molar-refractivity contribution in [3.8, 4) is 0 Å². The molecule has 0 unspecified atom stereocenters. The van der Waals surface area contributed by atoms with E-state index < -0.39 is 6.09 Å². The molecule has 1 aromatic carbocycles. The van der Waals surface area contributed by atoms with Crippen LogP contribution >= 0.6 is 11.6 Å². The summed E-state index contributed by atoms with van der Waals surface area (Å²) in [5.41, 5.74) is 0.503. The number of nitrogens with one attached hydrogen (secondary N) is 1. The van der Waals surface area contributed by atoms with Gasteiger partial charge in [-0.25, -0.2) is 9.18 Å². The van der Waals surface area contributed by atoms with Gasteiger partial charge in [-0.2, -0.15) is 0 Å². The number of halogens is 2. The largest absolute Gasteiger partial charge is 0.449 e. The summed E-state index contributed by atoms with van der Waals surface area (Å²) in [6.07, 6.45) is 1.01. The molecule has 0 saturated carbocycles. The summed E-state index contributed by atoms with van der Waals surface area (Å²) in [6, 6.07) is 5.47. The summed E-state index contributed by atoms with van der Waals surface area (Å²) >= 11 is 5.47. The van der Waals surface area contributed by atoms with Crippen LogP contribution in [0.3, 0.4) is 0 Å². The van der Waals surface area contributed by atoms with E-state index >= 15 is 0 Å². The zero-order chi connectivity index (χ0) is 11.8. The molecule has 88 valence electrons. The van der Waals surface area contributed by atoms with E-state index in [0.717, 1.165) is 12.8 Å². The fourth-order valence-corrected chi connectivity index (χ4v) is 1.24. The van der Waals surface area contributed by atoms with Gasteiger partial charge >= 0.3 is 6.09 Å². The van der Waals surface area contributed by atoms with Gasteiger partial charge in [-0.15, -0.1) is 11.6 Å². The lowest BCUT2D eigenvalue weighted by atomic mass is 10.3. The van der Waals surface area contributed by atoms with Crippen molar-refractivity contribution in [2.75, 3.05) is 17.8 Å². The zero-order valence-corrected chi connectivity index (χ0v) is 9.47. The highest BCUT2D eigenvalue weighted by molar-refractivity contribution is 6.17. The molecule has 0 heterocycles. The first-order valence-electron chi connectivity index (χ1n) is 4.97. The van der Waals surface area contributed by atoms with Gasteiger partial charge in [-0.05, 0) is 37.1 Å². The average molecular weight is 246 g/mol. The summed E-state index contributed by atoms with van der Waals surface area (Å²) in [7, 11) is 0. The molecule has 1 N–H and O–H groups in total. The fraction of sp³-hybridized carbons (Fsp3) is 0.364. The lowest BCUT2D eigenvalue weighted by Gasteiger charge is -2.06.